The third kappa shape index (κ3) is 3.39. The molecule has 0 saturated carbocycles. The van der Waals surface area contributed by atoms with Crippen LogP contribution in [0.3, 0.4) is 0 Å². The summed E-state index contributed by atoms with van der Waals surface area (Å²) < 4.78 is 7.13. The Hall–Kier alpha value is -3.45. The van der Waals surface area contributed by atoms with Gasteiger partial charge >= 0.3 is 0 Å². The van der Waals surface area contributed by atoms with Gasteiger partial charge in [0, 0.05) is 10.9 Å². The van der Waals surface area contributed by atoms with Gasteiger partial charge in [-0.2, -0.15) is 5.10 Å². The molecule has 4 aromatic rings. The number of para-hydroxylation sites is 2. The maximum absolute atomic E-state index is 12.7. The molecule has 2 aromatic carbocycles. The fourth-order valence-electron chi connectivity index (χ4n) is 2.94. The van der Waals surface area contributed by atoms with Gasteiger partial charge in [-0.3, -0.25) is 10.1 Å². The van der Waals surface area contributed by atoms with E-state index in [2.05, 4.69) is 15.4 Å². The monoisotopic (exact) mass is 390 g/mol. The average molecular weight is 390 g/mol. The highest BCUT2D eigenvalue weighted by Gasteiger charge is 2.17. The summed E-state index contributed by atoms with van der Waals surface area (Å²) in [6, 6.07) is 17.4. The van der Waals surface area contributed by atoms with Crippen LogP contribution in [0.2, 0.25) is 0 Å². The zero-order chi connectivity index (χ0) is 19.5. The van der Waals surface area contributed by atoms with Crippen LogP contribution in [0.5, 0.6) is 5.75 Å². The lowest BCUT2D eigenvalue weighted by atomic mass is 10.1. The van der Waals surface area contributed by atoms with Gasteiger partial charge in [0.25, 0.3) is 5.91 Å². The van der Waals surface area contributed by atoms with Crippen molar-refractivity contribution in [1.29, 1.82) is 0 Å². The van der Waals surface area contributed by atoms with Crippen molar-refractivity contribution >= 4 is 22.4 Å². The van der Waals surface area contributed by atoms with Crippen LogP contribution in [0.15, 0.2) is 66.2 Å². The SMILES string of the molecule is COc1ccccc1-c1csc(NC(=O)c2cnn(-c3ccccc3)c2C)n1. The number of thiazole rings is 1. The first-order chi connectivity index (χ1) is 13.7. The Morgan fingerprint density at radius 1 is 1.11 bits per heavy atom. The molecule has 0 saturated heterocycles. The Kier molecular flexibility index (Phi) is 4.90. The van der Waals surface area contributed by atoms with Crippen LogP contribution < -0.4 is 10.1 Å². The van der Waals surface area contributed by atoms with Crippen LogP contribution in [-0.2, 0) is 0 Å². The van der Waals surface area contributed by atoms with Crippen LogP contribution in [0.1, 0.15) is 16.1 Å². The second-order valence-electron chi connectivity index (χ2n) is 6.08. The number of benzene rings is 2. The highest BCUT2D eigenvalue weighted by Crippen LogP contribution is 2.32. The van der Waals surface area contributed by atoms with Crippen LogP contribution in [-0.4, -0.2) is 27.8 Å². The fourth-order valence-corrected chi connectivity index (χ4v) is 3.64. The molecule has 4 rings (SSSR count). The van der Waals surface area contributed by atoms with Crippen molar-refractivity contribution in [3.63, 3.8) is 0 Å². The number of amides is 1. The first kappa shape index (κ1) is 17.9. The first-order valence-corrected chi connectivity index (χ1v) is 9.55. The summed E-state index contributed by atoms with van der Waals surface area (Å²) in [7, 11) is 1.63. The number of hydrogen-bond donors (Lipinski definition) is 1. The number of carbonyl (C=O) groups is 1. The Morgan fingerprint density at radius 3 is 2.64 bits per heavy atom. The predicted molar refractivity (Wildman–Crippen MR) is 110 cm³/mol. The van der Waals surface area contributed by atoms with E-state index < -0.39 is 0 Å². The van der Waals surface area contributed by atoms with Gasteiger partial charge < -0.3 is 4.74 Å². The van der Waals surface area contributed by atoms with Crippen molar-refractivity contribution in [2.24, 2.45) is 0 Å². The van der Waals surface area contributed by atoms with Gasteiger partial charge in [0.05, 0.1) is 35.9 Å². The third-order valence-corrected chi connectivity index (χ3v) is 5.12. The van der Waals surface area contributed by atoms with Crippen LogP contribution in [0, 0.1) is 6.92 Å². The highest BCUT2D eigenvalue weighted by atomic mass is 32.1. The van der Waals surface area contributed by atoms with E-state index in [1.807, 2.05) is 66.9 Å². The molecular weight excluding hydrogens is 372 g/mol. The number of nitrogens with one attached hydrogen (secondary N) is 1. The summed E-state index contributed by atoms with van der Waals surface area (Å²) in [5, 5.41) is 9.63. The molecule has 0 atom stereocenters. The molecule has 7 heteroatoms. The minimum absolute atomic E-state index is 0.236. The van der Waals surface area contributed by atoms with Gasteiger partial charge in [-0.15, -0.1) is 11.3 Å². The van der Waals surface area contributed by atoms with E-state index in [0.29, 0.717) is 10.7 Å². The molecule has 6 nitrogen and oxygen atoms in total. The minimum Gasteiger partial charge on any atom is -0.496 e. The van der Waals surface area contributed by atoms with E-state index >= 15 is 0 Å². The fraction of sp³-hybridized carbons (Fsp3) is 0.0952. The normalized spacial score (nSPS) is 10.6. The molecule has 1 N–H and O–H groups in total. The summed E-state index contributed by atoms with van der Waals surface area (Å²) in [5.41, 5.74) is 3.83. The van der Waals surface area contributed by atoms with Crippen LogP contribution in [0.4, 0.5) is 5.13 Å². The van der Waals surface area contributed by atoms with E-state index in [4.69, 9.17) is 4.74 Å². The Balaban J connectivity index is 1.56. The lowest BCUT2D eigenvalue weighted by Gasteiger charge is -2.06. The van der Waals surface area contributed by atoms with E-state index in [1.54, 1.807) is 18.0 Å². The van der Waals surface area contributed by atoms with Crippen molar-refractivity contribution < 1.29 is 9.53 Å². The summed E-state index contributed by atoms with van der Waals surface area (Å²) in [5.74, 6) is 0.506. The number of carbonyl (C=O) groups excluding carboxylic acids is 1. The van der Waals surface area contributed by atoms with Gasteiger partial charge in [-0.05, 0) is 31.2 Å². The number of methoxy groups -OCH3 is 1. The molecule has 28 heavy (non-hydrogen) atoms. The Labute approximate surface area is 166 Å². The molecule has 0 unspecified atom stereocenters. The topological polar surface area (TPSA) is 69.0 Å². The van der Waals surface area contributed by atoms with Crippen LogP contribution in [0.25, 0.3) is 16.9 Å². The average Bonchev–Trinajstić information content (AvgIpc) is 3.35. The standard InChI is InChI=1S/C21H18N4O2S/c1-14-17(12-22-25(14)15-8-4-3-5-9-15)20(26)24-21-23-18(13-28-21)16-10-6-7-11-19(16)27-2/h3-13H,1-2H3,(H,23,24,26). The molecule has 0 radical (unpaired) electrons. The number of nitrogens with zero attached hydrogens (tertiary/aromatic N) is 3. The maximum atomic E-state index is 12.7. The number of ether oxygens (including phenoxy) is 1. The second kappa shape index (κ2) is 7.66. The molecule has 0 bridgehead atoms. The molecule has 0 spiro atoms. The van der Waals surface area contributed by atoms with E-state index in [0.717, 1.165) is 28.4 Å². The second-order valence-corrected chi connectivity index (χ2v) is 6.94. The van der Waals surface area contributed by atoms with E-state index in [1.165, 1.54) is 11.3 Å². The van der Waals surface area contributed by atoms with E-state index in [9.17, 15) is 4.79 Å². The zero-order valence-corrected chi connectivity index (χ0v) is 16.2. The summed E-state index contributed by atoms with van der Waals surface area (Å²) in [6.07, 6.45) is 1.58. The summed E-state index contributed by atoms with van der Waals surface area (Å²) >= 11 is 1.37. The Bertz CT molecular complexity index is 1120. The largest absolute Gasteiger partial charge is 0.496 e. The van der Waals surface area contributed by atoms with Gasteiger partial charge in [-0.25, -0.2) is 9.67 Å². The molecule has 1 amide bonds. The summed E-state index contributed by atoms with van der Waals surface area (Å²) in [4.78, 5) is 17.3. The van der Waals surface area contributed by atoms with Gasteiger partial charge in [0.1, 0.15) is 5.75 Å². The molecule has 2 heterocycles. The molecule has 0 aliphatic heterocycles. The Morgan fingerprint density at radius 2 is 1.86 bits per heavy atom. The number of hydrogen-bond acceptors (Lipinski definition) is 5. The minimum atomic E-state index is -0.236. The van der Waals surface area contributed by atoms with Crippen molar-refractivity contribution in [1.82, 2.24) is 14.8 Å². The molecule has 0 aliphatic rings. The molecule has 140 valence electrons. The van der Waals surface area contributed by atoms with Gasteiger partial charge in [0.15, 0.2) is 5.13 Å². The molecule has 0 aliphatic carbocycles. The first-order valence-electron chi connectivity index (χ1n) is 8.67. The van der Waals surface area contributed by atoms with Crippen LogP contribution >= 0.6 is 11.3 Å². The quantitative estimate of drug-likeness (QED) is 0.542. The number of rotatable bonds is 5. The molecule has 0 fully saturated rings. The number of anilines is 1. The van der Waals surface area contributed by atoms with Crippen molar-refractivity contribution in [3.05, 3.63) is 77.4 Å². The van der Waals surface area contributed by atoms with Gasteiger partial charge in [-0.1, -0.05) is 30.3 Å². The lowest BCUT2D eigenvalue weighted by molar-refractivity contribution is 0.102. The lowest BCUT2D eigenvalue weighted by Crippen LogP contribution is -2.13. The van der Waals surface area contributed by atoms with Gasteiger partial charge in [0.2, 0.25) is 0 Å². The highest BCUT2D eigenvalue weighted by molar-refractivity contribution is 7.14. The predicted octanol–water partition coefficient (Wildman–Crippen LogP) is 4.57. The smallest absolute Gasteiger partial charge is 0.260 e. The van der Waals surface area contributed by atoms with Crippen molar-refractivity contribution in [2.75, 3.05) is 12.4 Å². The molecular formula is C21H18N4O2S. The zero-order valence-electron chi connectivity index (χ0n) is 15.4. The summed E-state index contributed by atoms with van der Waals surface area (Å²) in [6.45, 7) is 1.87. The third-order valence-electron chi connectivity index (χ3n) is 4.36. The molecule has 2 aromatic heterocycles. The number of aromatic nitrogens is 3. The van der Waals surface area contributed by atoms with Crippen molar-refractivity contribution in [2.45, 2.75) is 6.92 Å². The van der Waals surface area contributed by atoms with Crippen molar-refractivity contribution in [3.8, 4) is 22.7 Å². The maximum Gasteiger partial charge on any atom is 0.260 e. The van der Waals surface area contributed by atoms with E-state index in [-0.39, 0.29) is 5.91 Å².